The van der Waals surface area contributed by atoms with Gasteiger partial charge in [0.25, 0.3) is 0 Å². The molecule has 0 spiro atoms. The third-order valence-corrected chi connectivity index (χ3v) is 2.42. The van der Waals surface area contributed by atoms with Crippen LogP contribution >= 0.6 is 0 Å². The second-order valence-corrected chi connectivity index (χ2v) is 3.81. The molecule has 2 aromatic rings. The van der Waals surface area contributed by atoms with Crippen molar-refractivity contribution >= 4 is 22.5 Å². The highest BCUT2D eigenvalue weighted by Crippen LogP contribution is 2.22. The Bertz CT molecular complexity index is 552. The van der Waals surface area contributed by atoms with Gasteiger partial charge in [0, 0.05) is 18.2 Å². The molecule has 1 heterocycles. The number of anilines is 1. The molecule has 0 bridgehead atoms. The molecule has 0 unspecified atom stereocenters. The van der Waals surface area contributed by atoms with Crippen LogP contribution in [0.5, 0.6) is 0 Å². The second-order valence-electron chi connectivity index (χ2n) is 3.81. The van der Waals surface area contributed by atoms with Crippen LogP contribution in [0.25, 0.3) is 10.9 Å². The summed E-state index contributed by atoms with van der Waals surface area (Å²) in [4.78, 5) is 15.9. The van der Waals surface area contributed by atoms with E-state index in [4.69, 9.17) is 4.74 Å². The molecule has 0 saturated heterocycles. The fourth-order valence-electron chi connectivity index (χ4n) is 1.68. The number of amides is 1. The van der Waals surface area contributed by atoms with E-state index in [1.165, 1.54) is 7.11 Å². The highest BCUT2D eigenvalue weighted by atomic mass is 16.5. The molecule has 0 aliphatic heterocycles. The molecular formula is C13H14N2O2. The number of methoxy groups -OCH3 is 1. The van der Waals surface area contributed by atoms with Crippen molar-refractivity contribution in [1.29, 1.82) is 0 Å². The summed E-state index contributed by atoms with van der Waals surface area (Å²) in [6.07, 6.45) is 0. The number of carbonyl (C=O) groups excluding carboxylic acids is 1. The Hall–Kier alpha value is -1.94. The third-order valence-electron chi connectivity index (χ3n) is 2.42. The van der Waals surface area contributed by atoms with Gasteiger partial charge < -0.3 is 10.1 Å². The quantitative estimate of drug-likeness (QED) is 0.878. The number of aromatic nitrogens is 1. The zero-order valence-electron chi connectivity index (χ0n) is 9.86. The van der Waals surface area contributed by atoms with Gasteiger partial charge in [-0.2, -0.15) is 0 Å². The van der Waals surface area contributed by atoms with Crippen LogP contribution in [-0.4, -0.2) is 24.6 Å². The van der Waals surface area contributed by atoms with Crippen LogP contribution in [0.4, 0.5) is 5.69 Å². The number of hydrogen-bond acceptors (Lipinski definition) is 3. The van der Waals surface area contributed by atoms with Gasteiger partial charge in [0.05, 0.1) is 11.2 Å². The van der Waals surface area contributed by atoms with Gasteiger partial charge in [0.15, 0.2) is 0 Å². The molecule has 4 heteroatoms. The van der Waals surface area contributed by atoms with Crippen LogP contribution in [0.3, 0.4) is 0 Å². The van der Waals surface area contributed by atoms with E-state index < -0.39 is 0 Å². The van der Waals surface area contributed by atoms with Gasteiger partial charge in [-0.1, -0.05) is 6.07 Å². The van der Waals surface area contributed by atoms with Crippen molar-refractivity contribution in [1.82, 2.24) is 4.98 Å². The first kappa shape index (κ1) is 11.5. The molecule has 1 aromatic carbocycles. The van der Waals surface area contributed by atoms with E-state index in [1.54, 1.807) is 0 Å². The number of fused-ring (bicyclic) bond motifs is 1. The average Bonchev–Trinajstić information content (AvgIpc) is 2.29. The Morgan fingerprint density at radius 1 is 1.35 bits per heavy atom. The molecule has 0 aliphatic carbocycles. The molecule has 0 aliphatic rings. The van der Waals surface area contributed by atoms with Gasteiger partial charge in [0.1, 0.15) is 6.61 Å². The van der Waals surface area contributed by atoms with E-state index in [1.807, 2.05) is 37.3 Å². The lowest BCUT2D eigenvalue weighted by Crippen LogP contribution is -2.17. The van der Waals surface area contributed by atoms with Gasteiger partial charge in [-0.05, 0) is 31.2 Å². The number of nitrogens with one attached hydrogen (secondary N) is 1. The highest BCUT2D eigenvalue weighted by Gasteiger charge is 2.05. The number of pyridine rings is 1. The molecule has 1 N–H and O–H groups in total. The van der Waals surface area contributed by atoms with Crippen molar-refractivity contribution < 1.29 is 9.53 Å². The summed E-state index contributed by atoms with van der Waals surface area (Å²) in [6.45, 7) is 1.99. The second kappa shape index (κ2) is 4.93. The molecule has 1 amide bonds. The van der Waals surface area contributed by atoms with E-state index in [-0.39, 0.29) is 12.5 Å². The van der Waals surface area contributed by atoms with Crippen LogP contribution in [-0.2, 0) is 9.53 Å². The number of ether oxygens (including phenoxy) is 1. The minimum absolute atomic E-state index is 0.0513. The Balaban J connectivity index is 2.37. The monoisotopic (exact) mass is 230 g/mol. The molecule has 0 fully saturated rings. The largest absolute Gasteiger partial charge is 0.375 e. The van der Waals surface area contributed by atoms with Gasteiger partial charge >= 0.3 is 0 Å². The molecule has 17 heavy (non-hydrogen) atoms. The van der Waals surface area contributed by atoms with Gasteiger partial charge in [-0.15, -0.1) is 0 Å². The van der Waals surface area contributed by atoms with Crippen molar-refractivity contribution in [2.45, 2.75) is 6.92 Å². The molecule has 2 rings (SSSR count). The predicted octanol–water partition coefficient (Wildman–Crippen LogP) is 2.13. The minimum atomic E-state index is -0.166. The molecule has 88 valence electrons. The smallest absolute Gasteiger partial charge is 0.250 e. The number of benzene rings is 1. The highest BCUT2D eigenvalue weighted by molar-refractivity contribution is 6.01. The van der Waals surface area contributed by atoms with E-state index >= 15 is 0 Å². The Labute approximate surface area is 99.6 Å². The third kappa shape index (κ3) is 2.60. The van der Waals surface area contributed by atoms with Gasteiger partial charge in [-0.3, -0.25) is 9.78 Å². The normalized spacial score (nSPS) is 10.5. The Morgan fingerprint density at radius 2 is 2.18 bits per heavy atom. The lowest BCUT2D eigenvalue weighted by atomic mass is 10.1. The van der Waals surface area contributed by atoms with Crippen molar-refractivity contribution in [2.75, 3.05) is 19.0 Å². The van der Waals surface area contributed by atoms with Crippen molar-refractivity contribution in [2.24, 2.45) is 0 Å². The summed E-state index contributed by atoms with van der Waals surface area (Å²) >= 11 is 0. The molecule has 0 radical (unpaired) electrons. The fourth-order valence-corrected chi connectivity index (χ4v) is 1.68. The van der Waals surface area contributed by atoms with Crippen LogP contribution in [0.2, 0.25) is 0 Å². The zero-order valence-corrected chi connectivity index (χ0v) is 9.86. The lowest BCUT2D eigenvalue weighted by molar-refractivity contribution is -0.119. The number of hydrogen-bond donors (Lipinski definition) is 1. The number of carbonyl (C=O) groups is 1. The molecule has 0 saturated carbocycles. The SMILES string of the molecule is COCC(=O)Nc1cccc2nc(C)ccc12. The Morgan fingerprint density at radius 3 is 2.94 bits per heavy atom. The molecule has 4 nitrogen and oxygen atoms in total. The summed E-state index contributed by atoms with van der Waals surface area (Å²) in [5, 5.41) is 3.73. The summed E-state index contributed by atoms with van der Waals surface area (Å²) < 4.78 is 4.78. The van der Waals surface area contributed by atoms with E-state index in [9.17, 15) is 4.79 Å². The molecular weight excluding hydrogens is 216 g/mol. The van der Waals surface area contributed by atoms with E-state index in [0.717, 1.165) is 22.3 Å². The summed E-state index contributed by atoms with van der Waals surface area (Å²) in [6, 6.07) is 9.53. The zero-order chi connectivity index (χ0) is 12.3. The first-order chi connectivity index (χ1) is 8.20. The van der Waals surface area contributed by atoms with Crippen LogP contribution < -0.4 is 5.32 Å². The first-order valence-corrected chi connectivity index (χ1v) is 5.36. The molecule has 0 atom stereocenters. The van der Waals surface area contributed by atoms with Crippen LogP contribution in [0.1, 0.15) is 5.69 Å². The summed E-state index contributed by atoms with van der Waals surface area (Å²) in [5.41, 5.74) is 2.59. The molecule has 1 aromatic heterocycles. The maximum absolute atomic E-state index is 11.5. The van der Waals surface area contributed by atoms with E-state index in [0.29, 0.717) is 0 Å². The Kier molecular flexibility index (Phi) is 3.35. The fraction of sp³-hybridized carbons (Fsp3) is 0.231. The van der Waals surface area contributed by atoms with Crippen molar-refractivity contribution in [3.63, 3.8) is 0 Å². The van der Waals surface area contributed by atoms with Gasteiger partial charge in [-0.25, -0.2) is 0 Å². The summed E-state index contributed by atoms with van der Waals surface area (Å²) in [5.74, 6) is -0.166. The topological polar surface area (TPSA) is 51.2 Å². The average molecular weight is 230 g/mol. The maximum atomic E-state index is 11.5. The van der Waals surface area contributed by atoms with Crippen LogP contribution in [0, 0.1) is 6.92 Å². The number of aryl methyl sites for hydroxylation is 1. The van der Waals surface area contributed by atoms with Crippen molar-refractivity contribution in [3.05, 3.63) is 36.0 Å². The van der Waals surface area contributed by atoms with Crippen LogP contribution in [0.15, 0.2) is 30.3 Å². The minimum Gasteiger partial charge on any atom is -0.375 e. The standard InChI is InChI=1S/C13H14N2O2/c1-9-6-7-10-11(14-9)4-3-5-12(10)15-13(16)8-17-2/h3-7H,8H2,1-2H3,(H,15,16). The van der Waals surface area contributed by atoms with Gasteiger partial charge in [0.2, 0.25) is 5.91 Å². The predicted molar refractivity (Wildman–Crippen MR) is 67.0 cm³/mol. The maximum Gasteiger partial charge on any atom is 0.250 e. The van der Waals surface area contributed by atoms with E-state index in [2.05, 4.69) is 10.3 Å². The number of nitrogens with zero attached hydrogens (tertiary/aromatic N) is 1. The first-order valence-electron chi connectivity index (χ1n) is 5.36. The lowest BCUT2D eigenvalue weighted by Gasteiger charge is -2.08. The van der Waals surface area contributed by atoms with Crippen molar-refractivity contribution in [3.8, 4) is 0 Å². The summed E-state index contributed by atoms with van der Waals surface area (Å²) in [7, 11) is 1.49. The number of rotatable bonds is 3.